The van der Waals surface area contributed by atoms with Gasteiger partial charge in [0.25, 0.3) is 0 Å². The van der Waals surface area contributed by atoms with Gasteiger partial charge in [-0.3, -0.25) is 0 Å². The Morgan fingerprint density at radius 2 is 1.79 bits per heavy atom. The molecule has 2 rings (SSSR count). The average molecular weight is 289 g/mol. The molecule has 0 radical (unpaired) electrons. The summed E-state index contributed by atoms with van der Waals surface area (Å²) in [5.74, 6) is 0. The van der Waals surface area contributed by atoms with Crippen molar-refractivity contribution in [3.8, 4) is 0 Å². The van der Waals surface area contributed by atoms with Crippen LogP contribution in [0.4, 0.5) is 0 Å². The molecule has 2 aliphatic rings. The van der Waals surface area contributed by atoms with Gasteiger partial charge in [-0.1, -0.05) is 12.8 Å². The van der Waals surface area contributed by atoms with Crippen molar-refractivity contribution in [3.05, 3.63) is 0 Å². The SMILES string of the molecule is CNC1CCCCC1OC1CCCC(S(C)(=O)=O)C1. The summed E-state index contributed by atoms with van der Waals surface area (Å²) in [6.45, 7) is 0. The first-order valence-electron chi connectivity index (χ1n) is 7.52. The molecule has 4 nitrogen and oxygen atoms in total. The van der Waals surface area contributed by atoms with Crippen molar-refractivity contribution in [2.75, 3.05) is 13.3 Å². The molecule has 0 aliphatic heterocycles. The molecule has 0 aromatic heterocycles. The zero-order chi connectivity index (χ0) is 13.9. The largest absolute Gasteiger partial charge is 0.373 e. The Morgan fingerprint density at radius 3 is 2.47 bits per heavy atom. The highest BCUT2D eigenvalue weighted by molar-refractivity contribution is 7.91. The maximum Gasteiger partial charge on any atom is 0.150 e. The van der Waals surface area contributed by atoms with Gasteiger partial charge < -0.3 is 10.1 Å². The Morgan fingerprint density at radius 1 is 1.05 bits per heavy atom. The number of hydrogen-bond acceptors (Lipinski definition) is 4. The molecule has 4 atom stereocenters. The van der Waals surface area contributed by atoms with Crippen molar-refractivity contribution in [1.29, 1.82) is 0 Å². The maximum absolute atomic E-state index is 11.7. The van der Waals surface area contributed by atoms with Crippen LogP contribution in [0.5, 0.6) is 0 Å². The van der Waals surface area contributed by atoms with Gasteiger partial charge in [0, 0.05) is 12.3 Å². The van der Waals surface area contributed by atoms with E-state index in [0.717, 1.165) is 25.7 Å². The second-order valence-electron chi connectivity index (χ2n) is 6.09. The summed E-state index contributed by atoms with van der Waals surface area (Å²) in [5.41, 5.74) is 0. The van der Waals surface area contributed by atoms with Crippen LogP contribution in [0.1, 0.15) is 51.4 Å². The fourth-order valence-corrected chi connectivity index (χ4v) is 4.61. The molecule has 0 aromatic rings. The minimum atomic E-state index is -2.91. The van der Waals surface area contributed by atoms with Crippen LogP contribution in [-0.4, -0.2) is 45.2 Å². The van der Waals surface area contributed by atoms with Gasteiger partial charge in [-0.25, -0.2) is 8.42 Å². The summed E-state index contributed by atoms with van der Waals surface area (Å²) < 4.78 is 29.6. The lowest BCUT2D eigenvalue weighted by atomic mass is 9.91. The van der Waals surface area contributed by atoms with Crippen LogP contribution in [0.2, 0.25) is 0 Å². The molecule has 4 unspecified atom stereocenters. The van der Waals surface area contributed by atoms with Crippen molar-refractivity contribution in [3.63, 3.8) is 0 Å². The minimum absolute atomic E-state index is 0.132. The van der Waals surface area contributed by atoms with Crippen molar-refractivity contribution < 1.29 is 13.2 Å². The molecule has 2 saturated carbocycles. The fraction of sp³-hybridized carbons (Fsp3) is 1.00. The molecule has 0 amide bonds. The topological polar surface area (TPSA) is 55.4 Å². The van der Waals surface area contributed by atoms with Crippen molar-refractivity contribution in [2.45, 2.75) is 74.9 Å². The molecule has 112 valence electrons. The molecule has 0 bridgehead atoms. The van der Waals surface area contributed by atoms with Crippen LogP contribution in [0.15, 0.2) is 0 Å². The number of rotatable bonds is 4. The van der Waals surface area contributed by atoms with E-state index in [1.54, 1.807) is 0 Å². The summed E-state index contributed by atoms with van der Waals surface area (Å²) in [6.07, 6.45) is 10.00. The fourth-order valence-electron chi connectivity index (χ4n) is 3.45. The molecule has 19 heavy (non-hydrogen) atoms. The molecule has 5 heteroatoms. The van der Waals surface area contributed by atoms with E-state index < -0.39 is 9.84 Å². The zero-order valence-corrected chi connectivity index (χ0v) is 12.9. The van der Waals surface area contributed by atoms with Gasteiger partial charge in [-0.05, 0) is 45.6 Å². The molecule has 2 aliphatic carbocycles. The number of hydrogen-bond donors (Lipinski definition) is 1. The summed E-state index contributed by atoms with van der Waals surface area (Å²) in [5, 5.41) is 3.15. The van der Waals surface area contributed by atoms with Gasteiger partial charge in [-0.15, -0.1) is 0 Å². The predicted octanol–water partition coefficient (Wildman–Crippen LogP) is 1.89. The Kier molecular flexibility index (Phi) is 5.26. The first kappa shape index (κ1) is 15.3. The first-order valence-corrected chi connectivity index (χ1v) is 9.47. The average Bonchev–Trinajstić information content (AvgIpc) is 2.39. The highest BCUT2D eigenvalue weighted by Gasteiger charge is 2.33. The van der Waals surface area contributed by atoms with E-state index >= 15 is 0 Å². The zero-order valence-electron chi connectivity index (χ0n) is 12.1. The van der Waals surface area contributed by atoms with E-state index in [2.05, 4.69) is 5.32 Å². The summed E-state index contributed by atoms with van der Waals surface area (Å²) in [6, 6.07) is 0.437. The van der Waals surface area contributed by atoms with Crippen LogP contribution in [0, 0.1) is 0 Å². The molecular weight excluding hydrogens is 262 g/mol. The maximum atomic E-state index is 11.7. The molecule has 0 aromatic carbocycles. The van der Waals surface area contributed by atoms with E-state index in [1.165, 1.54) is 25.5 Å². The van der Waals surface area contributed by atoms with Gasteiger partial charge in [0.15, 0.2) is 0 Å². The van der Waals surface area contributed by atoms with E-state index in [4.69, 9.17) is 4.74 Å². The van der Waals surface area contributed by atoms with Crippen LogP contribution in [-0.2, 0) is 14.6 Å². The van der Waals surface area contributed by atoms with Gasteiger partial charge in [-0.2, -0.15) is 0 Å². The molecule has 0 saturated heterocycles. The molecular formula is C14H27NO3S. The van der Waals surface area contributed by atoms with Crippen LogP contribution >= 0.6 is 0 Å². The summed E-state index contributed by atoms with van der Waals surface area (Å²) in [4.78, 5) is 0. The third kappa shape index (κ3) is 4.17. The number of nitrogens with one attached hydrogen (secondary N) is 1. The van der Waals surface area contributed by atoms with Gasteiger partial charge in [0.05, 0.1) is 17.5 Å². The number of sulfone groups is 1. The highest BCUT2D eigenvalue weighted by Crippen LogP contribution is 2.30. The lowest BCUT2D eigenvalue weighted by Crippen LogP contribution is -2.44. The predicted molar refractivity (Wildman–Crippen MR) is 77.1 cm³/mol. The molecule has 2 fully saturated rings. The smallest absolute Gasteiger partial charge is 0.150 e. The first-order chi connectivity index (χ1) is 9.00. The highest BCUT2D eigenvalue weighted by atomic mass is 32.2. The number of likely N-dealkylation sites (N-methyl/N-ethyl adjacent to an activating group) is 1. The van der Waals surface area contributed by atoms with Crippen LogP contribution in [0.3, 0.4) is 0 Å². The second-order valence-corrected chi connectivity index (χ2v) is 8.42. The van der Waals surface area contributed by atoms with Crippen LogP contribution in [0.25, 0.3) is 0 Å². The van der Waals surface area contributed by atoms with Gasteiger partial charge in [0.1, 0.15) is 9.84 Å². The lowest BCUT2D eigenvalue weighted by molar-refractivity contribution is -0.0584. The van der Waals surface area contributed by atoms with Gasteiger partial charge in [0.2, 0.25) is 0 Å². The van der Waals surface area contributed by atoms with Crippen molar-refractivity contribution in [1.82, 2.24) is 5.32 Å². The van der Waals surface area contributed by atoms with E-state index in [0.29, 0.717) is 12.5 Å². The van der Waals surface area contributed by atoms with E-state index in [1.807, 2.05) is 7.05 Å². The Hall–Kier alpha value is -0.130. The Labute approximate surface area is 117 Å². The van der Waals surface area contributed by atoms with Crippen LogP contribution < -0.4 is 5.32 Å². The quantitative estimate of drug-likeness (QED) is 0.858. The summed E-state index contributed by atoms with van der Waals surface area (Å²) >= 11 is 0. The van der Waals surface area contributed by atoms with Gasteiger partial charge >= 0.3 is 0 Å². The lowest BCUT2D eigenvalue weighted by Gasteiger charge is -2.36. The van der Waals surface area contributed by atoms with Crippen molar-refractivity contribution >= 4 is 9.84 Å². The van der Waals surface area contributed by atoms with E-state index in [9.17, 15) is 8.42 Å². The standard InChI is InChI=1S/C14H27NO3S/c1-15-13-8-3-4-9-14(13)18-11-6-5-7-12(10-11)19(2,16)17/h11-15H,3-10H2,1-2H3. The monoisotopic (exact) mass is 289 g/mol. The summed E-state index contributed by atoms with van der Waals surface area (Å²) in [7, 11) is -0.922. The Bertz CT molecular complexity index is 382. The molecule has 0 spiro atoms. The second kappa shape index (κ2) is 6.55. The molecule has 1 N–H and O–H groups in total. The Balaban J connectivity index is 1.91. The van der Waals surface area contributed by atoms with Crippen molar-refractivity contribution in [2.24, 2.45) is 0 Å². The number of ether oxygens (including phenoxy) is 1. The third-order valence-electron chi connectivity index (χ3n) is 4.62. The van der Waals surface area contributed by atoms with E-state index in [-0.39, 0.29) is 17.5 Å². The third-order valence-corrected chi connectivity index (χ3v) is 6.26. The molecule has 0 heterocycles. The minimum Gasteiger partial charge on any atom is -0.373 e. The normalized spacial score (nSPS) is 37.2.